The largest absolute Gasteiger partial charge is 0.508 e. The summed E-state index contributed by atoms with van der Waals surface area (Å²) >= 11 is 0. The fraction of sp³-hybridized carbons (Fsp3) is 0.452. The number of nitrogens with one attached hydrogen (secondary N) is 3. The summed E-state index contributed by atoms with van der Waals surface area (Å²) in [7, 11) is 0. The van der Waals surface area contributed by atoms with E-state index < -0.39 is 29.9 Å². The van der Waals surface area contributed by atoms with Crippen LogP contribution in [0.5, 0.6) is 5.75 Å². The van der Waals surface area contributed by atoms with Crippen LogP contribution in [0.15, 0.2) is 47.0 Å². The van der Waals surface area contributed by atoms with Crippen LogP contribution in [0.3, 0.4) is 0 Å². The van der Waals surface area contributed by atoms with E-state index in [1.165, 1.54) is 0 Å². The molecule has 1 heterocycles. The van der Waals surface area contributed by atoms with Gasteiger partial charge < -0.3 is 37.5 Å². The molecular weight excluding hydrogens is 548 g/mol. The Morgan fingerprint density at radius 2 is 1.72 bits per heavy atom. The van der Waals surface area contributed by atoms with Gasteiger partial charge in [0, 0.05) is 19.3 Å². The molecule has 1 aromatic heterocycles. The van der Waals surface area contributed by atoms with E-state index in [0.717, 1.165) is 28.7 Å². The van der Waals surface area contributed by atoms with Crippen LogP contribution in [0.2, 0.25) is 0 Å². The quantitative estimate of drug-likeness (QED) is 0.0694. The van der Waals surface area contributed by atoms with Crippen molar-refractivity contribution in [1.29, 1.82) is 5.41 Å². The van der Waals surface area contributed by atoms with Gasteiger partial charge in [-0.1, -0.05) is 35.5 Å². The molecule has 10 N–H and O–H groups in total. The van der Waals surface area contributed by atoms with Crippen molar-refractivity contribution in [2.45, 2.75) is 83.3 Å². The smallest absolute Gasteiger partial charge is 0.249 e. The molecule has 0 fully saturated rings. The minimum atomic E-state index is -0.975. The van der Waals surface area contributed by atoms with Crippen LogP contribution < -0.4 is 27.8 Å². The Morgan fingerprint density at radius 1 is 1.02 bits per heavy atom. The highest BCUT2D eigenvalue weighted by atomic mass is 16.5. The van der Waals surface area contributed by atoms with Gasteiger partial charge in [0.2, 0.25) is 17.7 Å². The number of carbonyl (C=O) groups excluding carboxylic acids is 2. The third-order valence-electron chi connectivity index (χ3n) is 7.27. The Kier molecular flexibility index (Phi) is 12.6. The predicted octanol–water partition coefficient (Wildman–Crippen LogP) is 2.43. The molecule has 3 atom stereocenters. The number of aryl methyl sites for hydroxylation is 2. The summed E-state index contributed by atoms with van der Waals surface area (Å²) in [5.41, 5.74) is 20.7. The molecular formula is C31H44N8O4. The number of nitrogens with zero attached hydrogens (tertiary/aromatic N) is 2. The highest BCUT2D eigenvalue weighted by molar-refractivity contribution is 5.90. The number of phenolic OH excluding ortho intramolecular Hbond substituents is 1. The average Bonchev–Trinajstić information content (AvgIpc) is 3.42. The van der Waals surface area contributed by atoms with Gasteiger partial charge in [-0.3, -0.25) is 15.0 Å². The molecule has 2 aromatic carbocycles. The Balaban J connectivity index is 1.83. The van der Waals surface area contributed by atoms with Crippen molar-refractivity contribution < 1.29 is 19.2 Å². The van der Waals surface area contributed by atoms with Gasteiger partial charge in [0.05, 0.1) is 11.9 Å². The molecule has 0 radical (unpaired) electrons. The third-order valence-corrected chi connectivity index (χ3v) is 7.27. The predicted molar refractivity (Wildman–Crippen MR) is 164 cm³/mol. The first-order chi connectivity index (χ1) is 20.6. The van der Waals surface area contributed by atoms with Gasteiger partial charge in [-0.2, -0.15) is 4.98 Å². The first kappa shape index (κ1) is 33.2. The van der Waals surface area contributed by atoms with Crippen molar-refractivity contribution in [3.63, 3.8) is 0 Å². The number of nitrogens with two attached hydrogens (primary N) is 3. The fourth-order valence-electron chi connectivity index (χ4n) is 4.91. The summed E-state index contributed by atoms with van der Waals surface area (Å²) < 4.78 is 5.59. The number of rotatable bonds is 17. The number of aromatic nitrogens is 2. The molecule has 0 aliphatic heterocycles. The summed E-state index contributed by atoms with van der Waals surface area (Å²) in [5.74, 6) is 0.00292. The maximum atomic E-state index is 13.8. The van der Waals surface area contributed by atoms with Crippen molar-refractivity contribution in [2.75, 3.05) is 6.54 Å². The monoisotopic (exact) mass is 592 g/mol. The van der Waals surface area contributed by atoms with Crippen molar-refractivity contribution in [2.24, 2.45) is 17.2 Å². The number of hydrogen-bond acceptors (Lipinski definition) is 9. The summed E-state index contributed by atoms with van der Waals surface area (Å²) in [6.07, 6.45) is 3.75. The molecule has 0 spiro atoms. The number of phenols is 1. The summed E-state index contributed by atoms with van der Waals surface area (Å²) in [5, 5.41) is 27.4. The molecule has 0 bridgehead atoms. The van der Waals surface area contributed by atoms with E-state index in [-0.39, 0.29) is 23.9 Å². The normalized spacial score (nSPS) is 13.2. The molecule has 232 valence electrons. The highest BCUT2D eigenvalue weighted by Crippen LogP contribution is 2.23. The lowest BCUT2D eigenvalue weighted by molar-refractivity contribution is -0.130. The van der Waals surface area contributed by atoms with Gasteiger partial charge in [-0.05, 0) is 86.9 Å². The van der Waals surface area contributed by atoms with E-state index >= 15 is 0 Å². The van der Waals surface area contributed by atoms with Gasteiger partial charge >= 0.3 is 0 Å². The molecule has 0 saturated heterocycles. The molecule has 2 amide bonds. The number of carbonyl (C=O) groups is 2. The van der Waals surface area contributed by atoms with E-state index in [2.05, 4.69) is 20.8 Å². The Morgan fingerprint density at radius 3 is 2.37 bits per heavy atom. The number of aromatic hydroxyl groups is 1. The topological polar surface area (TPSA) is 219 Å². The van der Waals surface area contributed by atoms with Gasteiger partial charge in [-0.25, -0.2) is 0 Å². The summed E-state index contributed by atoms with van der Waals surface area (Å²) in [6, 6.07) is 10.5. The molecule has 12 nitrogen and oxygen atoms in total. The summed E-state index contributed by atoms with van der Waals surface area (Å²) in [4.78, 5) is 31.5. The number of amides is 2. The molecule has 12 heteroatoms. The highest BCUT2D eigenvalue weighted by Gasteiger charge is 2.29. The van der Waals surface area contributed by atoms with Crippen molar-refractivity contribution >= 4 is 17.6 Å². The van der Waals surface area contributed by atoms with Gasteiger partial charge in [0.1, 0.15) is 17.8 Å². The molecule has 3 aromatic rings. The Bertz CT molecular complexity index is 1340. The second-order valence-electron chi connectivity index (χ2n) is 10.9. The van der Waals surface area contributed by atoms with Crippen molar-refractivity contribution in [3.05, 3.63) is 76.4 Å². The number of hydrogen-bond donors (Lipinski definition) is 7. The van der Waals surface area contributed by atoms with Crippen LogP contribution >= 0.6 is 0 Å². The molecule has 2 unspecified atom stereocenters. The SMILES string of the molecule is Cc1cc(O)cc(C)c1CC(NC(=O)C(N)CCCC(=N)N)C(=O)N[C@H](CCCCN)c1nc(Cc2ccccc2)no1. The van der Waals surface area contributed by atoms with Crippen molar-refractivity contribution in [1.82, 2.24) is 20.8 Å². The minimum Gasteiger partial charge on any atom is -0.508 e. The lowest BCUT2D eigenvalue weighted by Gasteiger charge is -2.24. The van der Waals surface area contributed by atoms with Crippen molar-refractivity contribution in [3.8, 4) is 5.75 Å². The van der Waals surface area contributed by atoms with Gasteiger partial charge in [0.25, 0.3) is 0 Å². The molecule has 0 aliphatic carbocycles. The Hall–Kier alpha value is -4.29. The summed E-state index contributed by atoms with van der Waals surface area (Å²) in [6.45, 7) is 4.19. The minimum absolute atomic E-state index is 0.0248. The maximum Gasteiger partial charge on any atom is 0.249 e. The molecule has 0 aliphatic rings. The number of benzene rings is 2. The fourth-order valence-corrected chi connectivity index (χ4v) is 4.91. The van der Waals surface area contributed by atoms with Crippen LogP contribution in [0.25, 0.3) is 0 Å². The van der Waals surface area contributed by atoms with E-state index in [0.29, 0.717) is 50.9 Å². The zero-order valence-electron chi connectivity index (χ0n) is 24.9. The van der Waals surface area contributed by atoms with E-state index in [4.69, 9.17) is 27.1 Å². The van der Waals surface area contributed by atoms with Crippen LogP contribution in [-0.4, -0.2) is 51.5 Å². The Labute approximate surface area is 252 Å². The second kappa shape index (κ2) is 16.4. The molecule has 0 saturated carbocycles. The number of amidine groups is 1. The van der Waals surface area contributed by atoms with Gasteiger partial charge in [-0.15, -0.1) is 0 Å². The zero-order chi connectivity index (χ0) is 31.4. The first-order valence-electron chi connectivity index (χ1n) is 14.6. The standard InChI is InChI=1S/C31H44N8O4/c1-19-15-22(40)16-20(2)23(19)18-26(37-29(41)24(33)11-8-13-27(34)35)30(42)36-25(12-6-7-14-32)31-38-28(39-43-31)17-21-9-4-3-5-10-21/h3-5,9-10,15-16,24-26,40H,6-8,11-14,17-18,32-33H2,1-2H3,(H3,34,35)(H,36,42)(H,37,41)/t24?,25-,26?/m1/s1. The van der Waals surface area contributed by atoms with Crippen LogP contribution in [0.4, 0.5) is 0 Å². The lowest BCUT2D eigenvalue weighted by atomic mass is 9.95. The molecule has 3 rings (SSSR count). The van der Waals surface area contributed by atoms with E-state index in [9.17, 15) is 14.7 Å². The molecule has 43 heavy (non-hydrogen) atoms. The average molecular weight is 593 g/mol. The van der Waals surface area contributed by atoms with E-state index in [1.54, 1.807) is 12.1 Å². The lowest BCUT2D eigenvalue weighted by Crippen LogP contribution is -2.53. The van der Waals surface area contributed by atoms with Gasteiger partial charge in [0.15, 0.2) is 5.82 Å². The second-order valence-corrected chi connectivity index (χ2v) is 10.9. The van der Waals surface area contributed by atoms with Crippen LogP contribution in [0, 0.1) is 19.3 Å². The van der Waals surface area contributed by atoms with E-state index in [1.807, 2.05) is 44.2 Å². The van der Waals surface area contributed by atoms with Crippen LogP contribution in [-0.2, 0) is 22.4 Å². The first-order valence-corrected chi connectivity index (χ1v) is 14.6. The van der Waals surface area contributed by atoms with Crippen LogP contribution in [0.1, 0.15) is 78.5 Å². The third kappa shape index (κ3) is 10.5. The number of unbranched alkanes of at least 4 members (excludes halogenated alkanes) is 1. The maximum absolute atomic E-state index is 13.8. The zero-order valence-corrected chi connectivity index (χ0v) is 24.9.